The van der Waals surface area contributed by atoms with Gasteiger partial charge in [0, 0.05) is 20.1 Å². The summed E-state index contributed by atoms with van der Waals surface area (Å²) in [5, 5.41) is 9.51. The summed E-state index contributed by atoms with van der Waals surface area (Å²) in [6.07, 6.45) is 1.60. The van der Waals surface area contributed by atoms with E-state index < -0.39 is 12.0 Å². The number of carboxylic acids is 1. The lowest BCUT2D eigenvalue weighted by molar-refractivity contribution is -0.151. The number of rotatable bonds is 5. The van der Waals surface area contributed by atoms with Gasteiger partial charge in [0.25, 0.3) is 0 Å². The number of carbonyl (C=O) groups excluding carboxylic acids is 1. The van der Waals surface area contributed by atoms with E-state index in [0.29, 0.717) is 25.8 Å². The van der Waals surface area contributed by atoms with Crippen molar-refractivity contribution in [1.29, 1.82) is 0 Å². The average molecular weight is 291 g/mol. The predicted molar refractivity (Wildman–Crippen MR) is 77.9 cm³/mol. The van der Waals surface area contributed by atoms with E-state index in [0.717, 1.165) is 11.1 Å². The van der Waals surface area contributed by atoms with Crippen LogP contribution in [0.2, 0.25) is 0 Å². The maximum Gasteiger partial charge on any atom is 0.331 e. The fraction of sp³-hybridized carbons (Fsp3) is 0.500. The van der Waals surface area contributed by atoms with Gasteiger partial charge >= 0.3 is 5.97 Å². The highest BCUT2D eigenvalue weighted by molar-refractivity contribution is 5.85. The molecule has 0 aliphatic carbocycles. The lowest BCUT2D eigenvalue weighted by Crippen LogP contribution is -2.43. The minimum absolute atomic E-state index is 0.00527. The number of fused-ring (bicyclic) bond motifs is 1. The Balaban J connectivity index is 2.16. The maximum atomic E-state index is 12.4. The SMILES string of the molecule is COC(C)CCC(=O)N1CCc2ccccc2C1C(=O)O. The Morgan fingerprint density at radius 2 is 2.14 bits per heavy atom. The van der Waals surface area contributed by atoms with Crippen LogP contribution in [0.15, 0.2) is 24.3 Å². The molecule has 1 aliphatic rings. The van der Waals surface area contributed by atoms with Crippen molar-refractivity contribution in [2.45, 2.75) is 38.3 Å². The molecule has 5 heteroatoms. The number of benzene rings is 1. The molecule has 0 saturated carbocycles. The molecule has 0 bridgehead atoms. The molecule has 0 radical (unpaired) electrons. The van der Waals surface area contributed by atoms with E-state index in [1.54, 1.807) is 13.2 Å². The first-order valence-electron chi connectivity index (χ1n) is 7.17. The predicted octanol–water partition coefficient (Wildman–Crippen LogP) is 2.01. The molecular weight excluding hydrogens is 270 g/mol. The van der Waals surface area contributed by atoms with Crippen LogP contribution in [-0.2, 0) is 20.7 Å². The first kappa shape index (κ1) is 15.5. The van der Waals surface area contributed by atoms with Crippen LogP contribution in [0.25, 0.3) is 0 Å². The molecule has 0 fully saturated rings. The monoisotopic (exact) mass is 291 g/mol. The van der Waals surface area contributed by atoms with Crippen molar-refractivity contribution in [2.75, 3.05) is 13.7 Å². The molecule has 1 aromatic rings. The lowest BCUT2D eigenvalue weighted by atomic mass is 9.92. The Morgan fingerprint density at radius 1 is 1.43 bits per heavy atom. The first-order chi connectivity index (χ1) is 10.0. The Morgan fingerprint density at radius 3 is 2.81 bits per heavy atom. The molecule has 0 spiro atoms. The normalized spacial score (nSPS) is 19.0. The second-order valence-electron chi connectivity index (χ2n) is 5.36. The van der Waals surface area contributed by atoms with E-state index in [9.17, 15) is 14.7 Å². The molecule has 21 heavy (non-hydrogen) atoms. The first-order valence-corrected chi connectivity index (χ1v) is 7.17. The van der Waals surface area contributed by atoms with Gasteiger partial charge in [0.1, 0.15) is 0 Å². The van der Waals surface area contributed by atoms with Gasteiger partial charge in [0.05, 0.1) is 6.10 Å². The Kier molecular flexibility index (Phi) is 4.96. The number of carbonyl (C=O) groups is 2. The second kappa shape index (κ2) is 6.72. The molecule has 0 saturated heterocycles. The molecule has 1 aliphatic heterocycles. The number of amides is 1. The van der Waals surface area contributed by atoms with Crippen LogP contribution < -0.4 is 0 Å². The topological polar surface area (TPSA) is 66.8 Å². The van der Waals surface area contributed by atoms with Gasteiger partial charge in [-0.15, -0.1) is 0 Å². The Bertz CT molecular complexity index is 529. The highest BCUT2D eigenvalue weighted by atomic mass is 16.5. The number of aliphatic carboxylic acids is 1. The van der Waals surface area contributed by atoms with Crippen LogP contribution in [-0.4, -0.2) is 41.6 Å². The molecule has 1 aromatic carbocycles. The summed E-state index contributed by atoms with van der Waals surface area (Å²) in [5.74, 6) is -1.10. The summed E-state index contributed by atoms with van der Waals surface area (Å²) in [4.78, 5) is 25.4. The quantitative estimate of drug-likeness (QED) is 0.901. The minimum Gasteiger partial charge on any atom is -0.479 e. The molecular formula is C16H21NO4. The third-order valence-corrected chi connectivity index (χ3v) is 4.00. The average Bonchev–Trinajstić information content (AvgIpc) is 2.50. The molecule has 2 rings (SSSR count). The third kappa shape index (κ3) is 3.42. The van der Waals surface area contributed by atoms with Gasteiger partial charge in [-0.3, -0.25) is 4.79 Å². The fourth-order valence-electron chi connectivity index (χ4n) is 2.69. The van der Waals surface area contributed by atoms with Gasteiger partial charge < -0.3 is 14.7 Å². The standard InChI is InChI=1S/C16H21NO4/c1-11(21-2)7-8-14(18)17-10-9-12-5-3-4-6-13(12)15(17)16(19)20/h3-6,11,15H,7-10H2,1-2H3,(H,19,20). The van der Waals surface area contributed by atoms with Crippen LogP contribution in [0.1, 0.15) is 36.9 Å². The number of nitrogens with zero attached hydrogens (tertiary/aromatic N) is 1. The number of ether oxygens (including phenoxy) is 1. The van der Waals surface area contributed by atoms with Gasteiger partial charge in [0.2, 0.25) is 5.91 Å². The van der Waals surface area contributed by atoms with Crippen molar-refractivity contribution in [2.24, 2.45) is 0 Å². The molecule has 1 heterocycles. The molecule has 114 valence electrons. The fourth-order valence-corrected chi connectivity index (χ4v) is 2.69. The zero-order chi connectivity index (χ0) is 15.4. The lowest BCUT2D eigenvalue weighted by Gasteiger charge is -2.35. The summed E-state index contributed by atoms with van der Waals surface area (Å²) in [6, 6.07) is 6.57. The van der Waals surface area contributed by atoms with Gasteiger partial charge in [-0.05, 0) is 30.9 Å². The Hall–Kier alpha value is -1.88. The van der Waals surface area contributed by atoms with Crippen molar-refractivity contribution in [3.63, 3.8) is 0 Å². The van der Waals surface area contributed by atoms with Crippen molar-refractivity contribution in [3.8, 4) is 0 Å². The van der Waals surface area contributed by atoms with Gasteiger partial charge in [-0.2, -0.15) is 0 Å². The zero-order valence-electron chi connectivity index (χ0n) is 12.4. The molecule has 5 nitrogen and oxygen atoms in total. The van der Waals surface area contributed by atoms with Gasteiger partial charge in [0.15, 0.2) is 6.04 Å². The van der Waals surface area contributed by atoms with Crippen LogP contribution in [0.3, 0.4) is 0 Å². The number of methoxy groups -OCH3 is 1. The largest absolute Gasteiger partial charge is 0.479 e. The molecule has 0 aromatic heterocycles. The molecule has 1 N–H and O–H groups in total. The van der Waals surface area contributed by atoms with Crippen LogP contribution in [0.5, 0.6) is 0 Å². The summed E-state index contributed by atoms with van der Waals surface area (Å²) < 4.78 is 5.13. The minimum atomic E-state index is -0.977. The van der Waals surface area contributed by atoms with Crippen molar-refractivity contribution >= 4 is 11.9 Å². The van der Waals surface area contributed by atoms with E-state index >= 15 is 0 Å². The van der Waals surface area contributed by atoms with Crippen LogP contribution >= 0.6 is 0 Å². The molecule has 1 amide bonds. The number of hydrogen-bond acceptors (Lipinski definition) is 3. The maximum absolute atomic E-state index is 12.4. The van der Waals surface area contributed by atoms with E-state index in [-0.39, 0.29) is 12.0 Å². The van der Waals surface area contributed by atoms with Crippen molar-refractivity contribution in [3.05, 3.63) is 35.4 Å². The van der Waals surface area contributed by atoms with Crippen LogP contribution in [0.4, 0.5) is 0 Å². The Labute approximate surface area is 124 Å². The smallest absolute Gasteiger partial charge is 0.331 e. The van der Waals surface area contributed by atoms with Crippen LogP contribution in [0, 0.1) is 0 Å². The van der Waals surface area contributed by atoms with Gasteiger partial charge in [-0.25, -0.2) is 4.79 Å². The summed E-state index contributed by atoms with van der Waals surface area (Å²) in [7, 11) is 1.60. The zero-order valence-corrected chi connectivity index (χ0v) is 12.4. The highest BCUT2D eigenvalue weighted by Gasteiger charge is 2.35. The highest BCUT2D eigenvalue weighted by Crippen LogP contribution is 2.30. The van der Waals surface area contributed by atoms with Gasteiger partial charge in [-0.1, -0.05) is 24.3 Å². The summed E-state index contributed by atoms with van der Waals surface area (Å²) in [6.45, 7) is 2.35. The second-order valence-corrected chi connectivity index (χ2v) is 5.36. The van der Waals surface area contributed by atoms with E-state index in [1.165, 1.54) is 4.90 Å². The molecule has 2 atom stereocenters. The van der Waals surface area contributed by atoms with E-state index in [1.807, 2.05) is 25.1 Å². The van der Waals surface area contributed by atoms with Crippen molar-refractivity contribution < 1.29 is 19.4 Å². The van der Waals surface area contributed by atoms with E-state index in [4.69, 9.17) is 4.74 Å². The summed E-state index contributed by atoms with van der Waals surface area (Å²) >= 11 is 0. The summed E-state index contributed by atoms with van der Waals surface area (Å²) in [5.41, 5.74) is 1.74. The number of hydrogen-bond donors (Lipinski definition) is 1. The number of carboxylic acid groups (broad SMARTS) is 1. The third-order valence-electron chi connectivity index (χ3n) is 4.00. The van der Waals surface area contributed by atoms with Crippen molar-refractivity contribution in [1.82, 2.24) is 4.90 Å². The molecule has 2 unspecified atom stereocenters. The van der Waals surface area contributed by atoms with E-state index in [2.05, 4.69) is 0 Å².